The number of amides is 1. The molecule has 1 amide bonds. The largest absolute Gasteiger partial charge is 0.486 e. The van der Waals surface area contributed by atoms with Crippen molar-refractivity contribution in [3.63, 3.8) is 0 Å². The van der Waals surface area contributed by atoms with Crippen LogP contribution >= 0.6 is 11.8 Å². The Bertz CT molecular complexity index is 1110. The number of nitro groups is 1. The van der Waals surface area contributed by atoms with Crippen molar-refractivity contribution in [3.8, 4) is 11.5 Å². The van der Waals surface area contributed by atoms with Crippen molar-refractivity contribution in [2.75, 3.05) is 45.1 Å². The Morgan fingerprint density at radius 1 is 1.00 bits per heavy atom. The minimum absolute atomic E-state index is 0.00368. The summed E-state index contributed by atoms with van der Waals surface area (Å²) in [5.41, 5.74) is -0.00368. The standard InChI is InChI=1S/C20H21N3O7S2/c24-20(14-31-16-3-1-15(2-4-16)23(25)26)21-7-9-22(10-8-21)32(27,28)17-5-6-18-19(13-17)30-12-11-29-18/h1-6,13H,7-12,14H2. The van der Waals surface area contributed by atoms with Gasteiger partial charge in [0, 0.05) is 49.3 Å². The van der Waals surface area contributed by atoms with Gasteiger partial charge in [0.15, 0.2) is 11.5 Å². The van der Waals surface area contributed by atoms with Crippen LogP contribution in [-0.4, -0.2) is 73.6 Å². The lowest BCUT2D eigenvalue weighted by atomic mass is 10.3. The van der Waals surface area contributed by atoms with Crippen LogP contribution in [0.15, 0.2) is 52.3 Å². The number of benzene rings is 2. The second-order valence-corrected chi connectivity index (χ2v) is 10.1. The maximum Gasteiger partial charge on any atom is 0.269 e. The number of rotatable bonds is 6. The summed E-state index contributed by atoms with van der Waals surface area (Å²) in [7, 11) is -3.71. The molecule has 0 unspecified atom stereocenters. The minimum atomic E-state index is -3.71. The van der Waals surface area contributed by atoms with E-state index in [2.05, 4.69) is 0 Å². The van der Waals surface area contributed by atoms with Gasteiger partial charge in [-0.2, -0.15) is 4.31 Å². The lowest BCUT2D eigenvalue weighted by molar-refractivity contribution is -0.384. The molecule has 1 saturated heterocycles. The van der Waals surface area contributed by atoms with Gasteiger partial charge in [0.05, 0.1) is 15.6 Å². The molecule has 170 valence electrons. The van der Waals surface area contributed by atoms with Crippen LogP contribution in [0.4, 0.5) is 5.69 Å². The average Bonchev–Trinajstić information content (AvgIpc) is 2.82. The van der Waals surface area contributed by atoms with E-state index in [1.807, 2.05) is 0 Å². The molecular formula is C20H21N3O7S2. The first kappa shape index (κ1) is 22.4. The molecule has 0 aliphatic carbocycles. The molecule has 0 radical (unpaired) electrons. The topological polar surface area (TPSA) is 119 Å². The summed E-state index contributed by atoms with van der Waals surface area (Å²) in [6, 6.07) is 10.6. The molecule has 0 N–H and O–H groups in total. The van der Waals surface area contributed by atoms with Crippen LogP contribution in [0.1, 0.15) is 0 Å². The molecule has 0 spiro atoms. The van der Waals surface area contributed by atoms with Gasteiger partial charge in [-0.25, -0.2) is 8.42 Å². The van der Waals surface area contributed by atoms with Crippen molar-refractivity contribution >= 4 is 33.4 Å². The van der Waals surface area contributed by atoms with Crippen LogP contribution in [0, 0.1) is 10.1 Å². The third-order valence-corrected chi connectivity index (χ3v) is 8.04. The molecule has 1 fully saturated rings. The van der Waals surface area contributed by atoms with Gasteiger partial charge in [-0.05, 0) is 24.3 Å². The van der Waals surface area contributed by atoms with Crippen LogP contribution < -0.4 is 9.47 Å². The number of piperazine rings is 1. The van der Waals surface area contributed by atoms with Crippen molar-refractivity contribution < 1.29 is 27.6 Å². The predicted molar refractivity (Wildman–Crippen MR) is 117 cm³/mol. The number of non-ortho nitro benzene ring substituents is 1. The molecule has 0 bridgehead atoms. The first-order valence-electron chi connectivity index (χ1n) is 9.89. The third kappa shape index (κ3) is 4.81. The normalized spacial score (nSPS) is 16.6. The maximum atomic E-state index is 13.0. The van der Waals surface area contributed by atoms with Crippen molar-refractivity contribution in [1.82, 2.24) is 9.21 Å². The van der Waals surface area contributed by atoms with Crippen LogP contribution in [0.5, 0.6) is 11.5 Å². The van der Waals surface area contributed by atoms with E-state index in [0.29, 0.717) is 37.8 Å². The van der Waals surface area contributed by atoms with Gasteiger partial charge in [0.25, 0.3) is 5.69 Å². The lowest BCUT2D eigenvalue weighted by Gasteiger charge is -2.34. The Kier molecular flexibility index (Phi) is 6.53. The van der Waals surface area contributed by atoms with Crippen molar-refractivity contribution in [1.29, 1.82) is 0 Å². The Labute approximate surface area is 189 Å². The van der Waals surface area contributed by atoms with Gasteiger partial charge in [-0.3, -0.25) is 14.9 Å². The van der Waals surface area contributed by atoms with Crippen LogP contribution in [0.25, 0.3) is 0 Å². The number of carbonyl (C=O) groups is 1. The Morgan fingerprint density at radius 3 is 2.31 bits per heavy atom. The Morgan fingerprint density at radius 2 is 1.66 bits per heavy atom. The van der Waals surface area contributed by atoms with Gasteiger partial charge < -0.3 is 14.4 Å². The van der Waals surface area contributed by atoms with E-state index in [-0.39, 0.29) is 35.3 Å². The highest BCUT2D eigenvalue weighted by atomic mass is 32.2. The smallest absolute Gasteiger partial charge is 0.269 e. The minimum Gasteiger partial charge on any atom is -0.486 e. The molecule has 10 nitrogen and oxygen atoms in total. The number of thioether (sulfide) groups is 1. The van der Waals surface area contributed by atoms with Crippen LogP contribution in [0.2, 0.25) is 0 Å². The first-order chi connectivity index (χ1) is 15.3. The number of nitro benzene ring substituents is 1. The summed E-state index contributed by atoms with van der Waals surface area (Å²) in [5.74, 6) is 1.00. The fourth-order valence-electron chi connectivity index (χ4n) is 3.41. The fraction of sp³-hybridized carbons (Fsp3) is 0.350. The molecule has 0 aromatic heterocycles. The van der Waals surface area contributed by atoms with E-state index in [0.717, 1.165) is 4.90 Å². The number of sulfonamides is 1. The molecule has 4 rings (SSSR count). The summed E-state index contributed by atoms with van der Waals surface area (Å²) in [6.45, 7) is 1.79. The van der Waals surface area contributed by atoms with Crippen molar-refractivity contribution in [3.05, 3.63) is 52.6 Å². The summed E-state index contributed by atoms with van der Waals surface area (Å²) in [6.07, 6.45) is 0. The summed E-state index contributed by atoms with van der Waals surface area (Å²) in [4.78, 5) is 25.3. The highest BCUT2D eigenvalue weighted by Crippen LogP contribution is 2.33. The lowest BCUT2D eigenvalue weighted by Crippen LogP contribution is -2.50. The third-order valence-electron chi connectivity index (χ3n) is 5.15. The second-order valence-electron chi connectivity index (χ2n) is 7.13. The van der Waals surface area contributed by atoms with E-state index in [4.69, 9.17) is 9.47 Å². The fourth-order valence-corrected chi connectivity index (χ4v) is 5.65. The average molecular weight is 480 g/mol. The van der Waals surface area contributed by atoms with E-state index in [1.165, 1.54) is 40.3 Å². The van der Waals surface area contributed by atoms with Crippen molar-refractivity contribution in [2.45, 2.75) is 9.79 Å². The zero-order valence-electron chi connectivity index (χ0n) is 17.0. The van der Waals surface area contributed by atoms with Gasteiger partial charge in [-0.15, -0.1) is 11.8 Å². The monoisotopic (exact) mass is 479 g/mol. The van der Waals surface area contributed by atoms with Gasteiger partial charge >= 0.3 is 0 Å². The molecule has 2 heterocycles. The van der Waals surface area contributed by atoms with E-state index in [1.54, 1.807) is 23.1 Å². The molecular weight excluding hydrogens is 458 g/mol. The highest BCUT2D eigenvalue weighted by Gasteiger charge is 2.31. The molecule has 2 aliphatic heterocycles. The van der Waals surface area contributed by atoms with E-state index in [9.17, 15) is 23.3 Å². The van der Waals surface area contributed by atoms with Gasteiger partial charge in [0.1, 0.15) is 13.2 Å². The molecule has 0 saturated carbocycles. The summed E-state index contributed by atoms with van der Waals surface area (Å²) in [5, 5.41) is 10.7. The number of hydrogen-bond acceptors (Lipinski definition) is 8. The number of hydrogen-bond donors (Lipinski definition) is 0. The second kappa shape index (κ2) is 9.35. The molecule has 2 aromatic carbocycles. The number of ether oxygens (including phenoxy) is 2. The summed E-state index contributed by atoms with van der Waals surface area (Å²) < 4.78 is 38.3. The zero-order chi connectivity index (χ0) is 22.7. The van der Waals surface area contributed by atoms with Gasteiger partial charge in [0.2, 0.25) is 15.9 Å². The molecule has 32 heavy (non-hydrogen) atoms. The number of nitrogens with zero attached hydrogens (tertiary/aromatic N) is 3. The Hall–Kier alpha value is -2.83. The zero-order valence-corrected chi connectivity index (χ0v) is 18.6. The van der Waals surface area contributed by atoms with Gasteiger partial charge in [-0.1, -0.05) is 0 Å². The van der Waals surface area contributed by atoms with Crippen molar-refractivity contribution in [2.24, 2.45) is 0 Å². The quantitative estimate of drug-likeness (QED) is 0.351. The summed E-state index contributed by atoms with van der Waals surface area (Å²) >= 11 is 1.29. The SMILES string of the molecule is O=C(CSc1ccc([N+](=O)[O-])cc1)N1CCN(S(=O)(=O)c2ccc3c(c2)OCCO3)CC1. The number of fused-ring (bicyclic) bond motifs is 1. The predicted octanol–water partition coefficient (Wildman–Crippen LogP) is 1.99. The molecule has 2 aliphatic rings. The Balaban J connectivity index is 1.32. The van der Waals surface area contributed by atoms with E-state index < -0.39 is 14.9 Å². The van der Waals surface area contributed by atoms with Crippen LogP contribution in [0.3, 0.4) is 0 Å². The van der Waals surface area contributed by atoms with Crippen LogP contribution in [-0.2, 0) is 14.8 Å². The first-order valence-corrected chi connectivity index (χ1v) is 12.3. The maximum absolute atomic E-state index is 13.0. The molecule has 0 atom stereocenters. The van der Waals surface area contributed by atoms with E-state index >= 15 is 0 Å². The number of carbonyl (C=O) groups excluding carboxylic acids is 1. The molecule has 2 aromatic rings. The highest BCUT2D eigenvalue weighted by molar-refractivity contribution is 8.00. The molecule has 12 heteroatoms.